The van der Waals surface area contributed by atoms with Gasteiger partial charge in [0.1, 0.15) is 6.29 Å². The Hall–Kier alpha value is -2.71. The summed E-state index contributed by atoms with van der Waals surface area (Å²) in [5.41, 5.74) is 0.000611. The SMILES string of the molecule is CN1CCN(Cc2ccc(NC(=O)c3cccc(C=O)c3)cc2C(F)(F)F)CC1. The van der Waals surface area contributed by atoms with Crippen molar-refractivity contribution in [3.8, 4) is 0 Å². The molecule has 0 aromatic heterocycles. The van der Waals surface area contributed by atoms with Gasteiger partial charge in [-0.3, -0.25) is 14.5 Å². The highest BCUT2D eigenvalue weighted by molar-refractivity contribution is 6.05. The minimum Gasteiger partial charge on any atom is -0.322 e. The molecule has 0 bridgehead atoms. The van der Waals surface area contributed by atoms with Gasteiger partial charge in [0.05, 0.1) is 5.56 Å². The van der Waals surface area contributed by atoms with E-state index in [-0.39, 0.29) is 23.4 Å². The minimum atomic E-state index is -4.53. The van der Waals surface area contributed by atoms with Crippen LogP contribution in [0.1, 0.15) is 31.8 Å². The van der Waals surface area contributed by atoms with Crippen LogP contribution in [0.15, 0.2) is 42.5 Å². The van der Waals surface area contributed by atoms with Crippen LogP contribution in [0.3, 0.4) is 0 Å². The Morgan fingerprint density at radius 1 is 1.10 bits per heavy atom. The van der Waals surface area contributed by atoms with Crippen LogP contribution in [-0.4, -0.2) is 55.2 Å². The molecule has 1 fully saturated rings. The van der Waals surface area contributed by atoms with E-state index in [1.54, 1.807) is 12.1 Å². The molecule has 0 spiro atoms. The number of carbonyl (C=O) groups excluding carboxylic acids is 2. The molecule has 5 nitrogen and oxygen atoms in total. The molecule has 154 valence electrons. The van der Waals surface area contributed by atoms with Crippen molar-refractivity contribution >= 4 is 17.9 Å². The zero-order valence-corrected chi connectivity index (χ0v) is 16.0. The van der Waals surface area contributed by atoms with E-state index >= 15 is 0 Å². The lowest BCUT2D eigenvalue weighted by atomic mass is 10.0. The standard InChI is InChI=1S/C21H22F3N3O2/c1-26-7-9-27(10-8-26)13-17-5-6-18(12-19(17)21(22,23)24)25-20(29)16-4-2-3-15(11-16)14-28/h2-6,11-12,14H,7-10,13H2,1H3,(H,25,29). The number of anilines is 1. The van der Waals surface area contributed by atoms with Gasteiger partial charge in [0.25, 0.3) is 5.91 Å². The van der Waals surface area contributed by atoms with E-state index in [4.69, 9.17) is 0 Å². The van der Waals surface area contributed by atoms with Crippen molar-refractivity contribution in [2.24, 2.45) is 0 Å². The molecule has 1 N–H and O–H groups in total. The molecule has 0 atom stereocenters. The summed E-state index contributed by atoms with van der Waals surface area (Å²) < 4.78 is 40.9. The molecule has 1 heterocycles. The second-order valence-corrected chi connectivity index (χ2v) is 7.15. The molecule has 1 saturated heterocycles. The number of alkyl halides is 3. The van der Waals surface area contributed by atoms with E-state index in [2.05, 4.69) is 10.2 Å². The average Bonchev–Trinajstić information content (AvgIpc) is 2.70. The number of hydrogen-bond acceptors (Lipinski definition) is 4. The van der Waals surface area contributed by atoms with Crippen molar-refractivity contribution in [1.29, 1.82) is 0 Å². The van der Waals surface area contributed by atoms with Gasteiger partial charge in [-0.1, -0.05) is 18.2 Å². The Kier molecular flexibility index (Phi) is 6.34. The largest absolute Gasteiger partial charge is 0.416 e. The molecule has 2 aromatic carbocycles. The zero-order valence-electron chi connectivity index (χ0n) is 16.0. The third-order valence-corrected chi connectivity index (χ3v) is 4.95. The number of halogens is 3. The predicted octanol–water partition coefficient (Wildman–Crippen LogP) is 3.52. The first-order valence-corrected chi connectivity index (χ1v) is 9.24. The van der Waals surface area contributed by atoms with Crippen molar-refractivity contribution in [3.63, 3.8) is 0 Å². The number of piperazine rings is 1. The van der Waals surface area contributed by atoms with Gasteiger partial charge in [-0.25, -0.2) is 0 Å². The number of aldehydes is 1. The first kappa shape index (κ1) is 21.0. The Morgan fingerprint density at radius 2 is 1.83 bits per heavy atom. The van der Waals surface area contributed by atoms with Crippen molar-refractivity contribution in [2.45, 2.75) is 12.7 Å². The molecular formula is C21H22F3N3O2. The van der Waals surface area contributed by atoms with Crippen LogP contribution in [0.25, 0.3) is 0 Å². The smallest absolute Gasteiger partial charge is 0.322 e. The van der Waals surface area contributed by atoms with Gasteiger partial charge in [0, 0.05) is 49.5 Å². The Labute approximate surface area is 167 Å². The van der Waals surface area contributed by atoms with E-state index in [1.807, 2.05) is 11.9 Å². The Bertz CT molecular complexity index is 891. The number of likely N-dealkylation sites (N-methyl/N-ethyl adjacent to an activating group) is 1. The van der Waals surface area contributed by atoms with E-state index in [0.29, 0.717) is 24.9 Å². The van der Waals surface area contributed by atoms with E-state index in [9.17, 15) is 22.8 Å². The molecule has 29 heavy (non-hydrogen) atoms. The molecule has 0 unspecified atom stereocenters. The van der Waals surface area contributed by atoms with Crippen molar-refractivity contribution < 1.29 is 22.8 Å². The van der Waals surface area contributed by atoms with Crippen LogP contribution in [-0.2, 0) is 12.7 Å². The van der Waals surface area contributed by atoms with Crippen LogP contribution in [0, 0.1) is 0 Å². The summed E-state index contributed by atoms with van der Waals surface area (Å²) in [5.74, 6) is -0.575. The summed E-state index contributed by atoms with van der Waals surface area (Å²) in [7, 11) is 1.99. The van der Waals surface area contributed by atoms with Gasteiger partial charge < -0.3 is 10.2 Å². The predicted molar refractivity (Wildman–Crippen MR) is 104 cm³/mol. The van der Waals surface area contributed by atoms with E-state index in [1.165, 1.54) is 24.3 Å². The highest BCUT2D eigenvalue weighted by atomic mass is 19.4. The van der Waals surface area contributed by atoms with Crippen molar-refractivity contribution in [3.05, 3.63) is 64.7 Å². The number of carbonyl (C=O) groups is 2. The zero-order chi connectivity index (χ0) is 21.0. The van der Waals surface area contributed by atoms with Gasteiger partial charge in [0.2, 0.25) is 0 Å². The molecule has 1 amide bonds. The van der Waals surface area contributed by atoms with Crippen LogP contribution in [0.4, 0.5) is 18.9 Å². The quantitative estimate of drug-likeness (QED) is 0.774. The summed E-state index contributed by atoms with van der Waals surface area (Å²) in [6, 6.07) is 9.81. The monoisotopic (exact) mass is 405 g/mol. The summed E-state index contributed by atoms with van der Waals surface area (Å²) >= 11 is 0. The lowest BCUT2D eigenvalue weighted by molar-refractivity contribution is -0.138. The lowest BCUT2D eigenvalue weighted by Crippen LogP contribution is -2.44. The highest BCUT2D eigenvalue weighted by Gasteiger charge is 2.34. The first-order valence-electron chi connectivity index (χ1n) is 9.24. The van der Waals surface area contributed by atoms with Crippen LogP contribution in [0.5, 0.6) is 0 Å². The molecule has 0 aliphatic carbocycles. The summed E-state index contributed by atoms with van der Waals surface area (Å²) in [6.45, 7) is 3.25. The number of amides is 1. The fraction of sp³-hybridized carbons (Fsp3) is 0.333. The second-order valence-electron chi connectivity index (χ2n) is 7.15. The molecule has 0 saturated carbocycles. The number of hydrogen-bond donors (Lipinski definition) is 1. The number of nitrogens with one attached hydrogen (secondary N) is 1. The maximum absolute atomic E-state index is 13.6. The molecule has 3 rings (SSSR count). The van der Waals surface area contributed by atoms with Gasteiger partial charge in [-0.15, -0.1) is 0 Å². The fourth-order valence-corrected chi connectivity index (χ4v) is 3.26. The van der Waals surface area contributed by atoms with Gasteiger partial charge >= 0.3 is 6.18 Å². The van der Waals surface area contributed by atoms with Crippen molar-refractivity contribution in [2.75, 3.05) is 38.5 Å². The summed E-state index contributed by atoms with van der Waals surface area (Å²) in [4.78, 5) is 27.3. The molecule has 1 aliphatic rings. The number of benzene rings is 2. The molecule has 2 aromatic rings. The van der Waals surface area contributed by atoms with Crippen LogP contribution >= 0.6 is 0 Å². The third-order valence-electron chi connectivity index (χ3n) is 4.95. The van der Waals surface area contributed by atoms with Crippen LogP contribution < -0.4 is 5.32 Å². The normalized spacial score (nSPS) is 15.9. The maximum atomic E-state index is 13.6. The Morgan fingerprint density at radius 3 is 2.48 bits per heavy atom. The highest BCUT2D eigenvalue weighted by Crippen LogP contribution is 2.34. The van der Waals surface area contributed by atoms with Gasteiger partial charge in [-0.2, -0.15) is 13.2 Å². The summed E-state index contributed by atoms with van der Waals surface area (Å²) in [5, 5.41) is 2.48. The topological polar surface area (TPSA) is 52.6 Å². The van der Waals surface area contributed by atoms with Crippen LogP contribution in [0.2, 0.25) is 0 Å². The van der Waals surface area contributed by atoms with Gasteiger partial charge in [-0.05, 0) is 36.9 Å². The lowest BCUT2D eigenvalue weighted by Gasteiger charge is -2.33. The average molecular weight is 405 g/mol. The van der Waals surface area contributed by atoms with E-state index < -0.39 is 17.6 Å². The fourth-order valence-electron chi connectivity index (χ4n) is 3.26. The summed E-state index contributed by atoms with van der Waals surface area (Å²) in [6.07, 6.45) is -3.92. The number of rotatable bonds is 5. The van der Waals surface area contributed by atoms with E-state index in [0.717, 1.165) is 19.2 Å². The minimum absolute atomic E-state index is 0.0564. The maximum Gasteiger partial charge on any atom is 0.416 e. The third kappa shape index (κ3) is 5.42. The number of nitrogens with zero attached hydrogens (tertiary/aromatic N) is 2. The second kappa shape index (κ2) is 8.75. The van der Waals surface area contributed by atoms with Crippen molar-refractivity contribution in [1.82, 2.24) is 9.80 Å². The molecule has 8 heteroatoms. The Balaban J connectivity index is 1.79. The molecule has 1 aliphatic heterocycles. The molecule has 0 radical (unpaired) electrons. The van der Waals surface area contributed by atoms with Gasteiger partial charge in [0.15, 0.2) is 0 Å². The molecular weight excluding hydrogens is 383 g/mol. The first-order chi connectivity index (χ1) is 13.8.